The van der Waals surface area contributed by atoms with Crippen molar-refractivity contribution >= 4 is 18.0 Å². The average molecular weight is 251 g/mol. The highest BCUT2D eigenvalue weighted by Crippen LogP contribution is 2.30. The van der Waals surface area contributed by atoms with E-state index < -0.39 is 11.6 Å². The number of carbonyl (C=O) groups is 1. The van der Waals surface area contributed by atoms with Crippen LogP contribution in [0.15, 0.2) is 46.5 Å². The standard InChI is InChI=1S/C12H7F2NOS/c13-9-3-4-10(14)11(6-9)17-12-8(7-16)2-1-5-15-12/h1-7H. The second kappa shape index (κ2) is 5.05. The molecule has 0 aliphatic heterocycles. The zero-order valence-electron chi connectivity index (χ0n) is 8.56. The van der Waals surface area contributed by atoms with Crippen LogP contribution in [-0.4, -0.2) is 11.3 Å². The van der Waals surface area contributed by atoms with E-state index in [4.69, 9.17) is 0 Å². The summed E-state index contributed by atoms with van der Waals surface area (Å²) in [6, 6.07) is 6.33. The topological polar surface area (TPSA) is 30.0 Å². The first-order valence-corrected chi connectivity index (χ1v) is 5.55. The van der Waals surface area contributed by atoms with Gasteiger partial charge in [-0.15, -0.1) is 0 Å². The van der Waals surface area contributed by atoms with Crippen molar-refractivity contribution < 1.29 is 13.6 Å². The van der Waals surface area contributed by atoms with Crippen LogP contribution in [0.1, 0.15) is 10.4 Å². The van der Waals surface area contributed by atoms with Gasteiger partial charge in [0.2, 0.25) is 0 Å². The number of carbonyl (C=O) groups excluding carboxylic acids is 1. The molecule has 0 unspecified atom stereocenters. The quantitative estimate of drug-likeness (QED) is 0.784. The van der Waals surface area contributed by atoms with E-state index in [1.165, 1.54) is 6.20 Å². The van der Waals surface area contributed by atoms with Crippen LogP contribution < -0.4 is 0 Å². The fourth-order valence-corrected chi connectivity index (χ4v) is 2.13. The summed E-state index contributed by atoms with van der Waals surface area (Å²) in [4.78, 5) is 14.8. The maximum atomic E-state index is 13.4. The van der Waals surface area contributed by atoms with Crippen LogP contribution in [0.25, 0.3) is 0 Å². The third-order valence-electron chi connectivity index (χ3n) is 2.03. The molecule has 0 amide bonds. The van der Waals surface area contributed by atoms with Gasteiger partial charge in [0.05, 0.1) is 4.90 Å². The lowest BCUT2D eigenvalue weighted by Gasteiger charge is -2.04. The number of aromatic nitrogens is 1. The first kappa shape index (κ1) is 11.7. The van der Waals surface area contributed by atoms with Crippen molar-refractivity contribution in [1.82, 2.24) is 4.98 Å². The van der Waals surface area contributed by atoms with Crippen LogP contribution in [0.5, 0.6) is 0 Å². The average Bonchev–Trinajstić information content (AvgIpc) is 2.34. The summed E-state index contributed by atoms with van der Waals surface area (Å²) in [5.41, 5.74) is 0.348. The van der Waals surface area contributed by atoms with Crippen molar-refractivity contribution in [2.75, 3.05) is 0 Å². The largest absolute Gasteiger partial charge is 0.298 e. The first-order valence-electron chi connectivity index (χ1n) is 4.74. The van der Waals surface area contributed by atoms with Crippen LogP contribution in [0.3, 0.4) is 0 Å². The Morgan fingerprint density at radius 1 is 1.24 bits per heavy atom. The molecule has 0 atom stereocenters. The van der Waals surface area contributed by atoms with Crippen LogP contribution in [0.2, 0.25) is 0 Å². The van der Waals surface area contributed by atoms with Gasteiger partial charge in [0.1, 0.15) is 16.7 Å². The minimum absolute atomic E-state index is 0.104. The second-order valence-corrected chi connectivity index (χ2v) is 4.22. The normalized spacial score (nSPS) is 10.2. The summed E-state index contributed by atoms with van der Waals surface area (Å²) < 4.78 is 26.3. The van der Waals surface area contributed by atoms with E-state index in [0.29, 0.717) is 16.9 Å². The highest BCUT2D eigenvalue weighted by atomic mass is 32.2. The minimum Gasteiger partial charge on any atom is -0.298 e. The molecule has 0 aliphatic rings. The number of halogens is 2. The van der Waals surface area contributed by atoms with Crippen molar-refractivity contribution in [2.45, 2.75) is 9.92 Å². The Morgan fingerprint density at radius 2 is 2.06 bits per heavy atom. The van der Waals surface area contributed by atoms with E-state index in [0.717, 1.165) is 30.0 Å². The molecular weight excluding hydrogens is 244 g/mol. The molecule has 0 bridgehead atoms. The van der Waals surface area contributed by atoms with Gasteiger partial charge in [-0.3, -0.25) is 4.79 Å². The van der Waals surface area contributed by atoms with Crippen molar-refractivity contribution in [1.29, 1.82) is 0 Å². The van der Waals surface area contributed by atoms with E-state index in [-0.39, 0.29) is 4.90 Å². The molecule has 1 aromatic heterocycles. The molecule has 2 nitrogen and oxygen atoms in total. The summed E-state index contributed by atoms with van der Waals surface area (Å²) in [6.45, 7) is 0. The fourth-order valence-electron chi connectivity index (χ4n) is 1.24. The van der Waals surface area contributed by atoms with Crippen molar-refractivity contribution in [3.8, 4) is 0 Å². The van der Waals surface area contributed by atoms with E-state index in [9.17, 15) is 13.6 Å². The van der Waals surface area contributed by atoms with Crippen molar-refractivity contribution in [3.63, 3.8) is 0 Å². The van der Waals surface area contributed by atoms with Gasteiger partial charge in [0, 0.05) is 11.8 Å². The highest BCUT2D eigenvalue weighted by Gasteiger charge is 2.09. The molecule has 1 heterocycles. The Morgan fingerprint density at radius 3 is 2.82 bits per heavy atom. The van der Waals surface area contributed by atoms with Crippen molar-refractivity contribution in [2.24, 2.45) is 0 Å². The van der Waals surface area contributed by atoms with Gasteiger partial charge in [-0.25, -0.2) is 13.8 Å². The van der Waals surface area contributed by atoms with E-state index in [2.05, 4.69) is 4.98 Å². The summed E-state index contributed by atoms with van der Waals surface area (Å²) in [5.74, 6) is -1.07. The Hall–Kier alpha value is -1.75. The van der Waals surface area contributed by atoms with Gasteiger partial charge in [-0.05, 0) is 30.3 Å². The third kappa shape index (κ3) is 2.68. The first-order chi connectivity index (χ1) is 8.20. The highest BCUT2D eigenvalue weighted by molar-refractivity contribution is 7.99. The predicted octanol–water partition coefficient (Wildman–Crippen LogP) is 3.32. The van der Waals surface area contributed by atoms with Gasteiger partial charge in [0.15, 0.2) is 6.29 Å². The van der Waals surface area contributed by atoms with E-state index in [1.807, 2.05) is 0 Å². The van der Waals surface area contributed by atoms with Crippen LogP contribution >= 0.6 is 11.8 Å². The predicted molar refractivity (Wildman–Crippen MR) is 60.1 cm³/mol. The number of hydrogen-bond acceptors (Lipinski definition) is 3. The Kier molecular flexibility index (Phi) is 3.49. The van der Waals surface area contributed by atoms with Gasteiger partial charge < -0.3 is 0 Å². The summed E-state index contributed by atoms with van der Waals surface area (Å²) >= 11 is 0.922. The summed E-state index contributed by atoms with van der Waals surface area (Å²) in [7, 11) is 0. The smallest absolute Gasteiger partial charge is 0.152 e. The number of nitrogens with zero attached hydrogens (tertiary/aromatic N) is 1. The maximum Gasteiger partial charge on any atom is 0.152 e. The Balaban J connectivity index is 2.37. The SMILES string of the molecule is O=Cc1cccnc1Sc1cc(F)ccc1F. The molecule has 2 rings (SSSR count). The Labute approximate surface area is 101 Å². The molecule has 0 spiro atoms. The molecule has 5 heteroatoms. The summed E-state index contributed by atoms with van der Waals surface area (Å²) in [5, 5.41) is 0.354. The Bertz CT molecular complexity index is 560. The summed E-state index contributed by atoms with van der Waals surface area (Å²) in [6.07, 6.45) is 2.12. The zero-order chi connectivity index (χ0) is 12.3. The van der Waals surface area contributed by atoms with Gasteiger partial charge in [0.25, 0.3) is 0 Å². The van der Waals surface area contributed by atoms with Crippen LogP contribution in [0.4, 0.5) is 8.78 Å². The molecule has 0 saturated heterocycles. The lowest BCUT2D eigenvalue weighted by molar-refractivity contribution is 0.112. The molecule has 0 N–H and O–H groups in total. The molecule has 17 heavy (non-hydrogen) atoms. The number of benzene rings is 1. The fraction of sp³-hybridized carbons (Fsp3) is 0. The number of aldehydes is 1. The monoisotopic (exact) mass is 251 g/mol. The maximum absolute atomic E-state index is 13.4. The number of hydrogen-bond donors (Lipinski definition) is 0. The molecule has 0 saturated carbocycles. The number of rotatable bonds is 3. The van der Waals surface area contributed by atoms with E-state index >= 15 is 0 Å². The zero-order valence-corrected chi connectivity index (χ0v) is 9.38. The molecule has 2 aromatic rings. The lowest BCUT2D eigenvalue weighted by Crippen LogP contribution is -1.90. The van der Waals surface area contributed by atoms with Gasteiger partial charge in [-0.1, -0.05) is 11.8 Å². The molecule has 0 fully saturated rings. The second-order valence-electron chi connectivity index (χ2n) is 3.19. The lowest BCUT2D eigenvalue weighted by atomic mass is 10.3. The van der Waals surface area contributed by atoms with E-state index in [1.54, 1.807) is 12.1 Å². The van der Waals surface area contributed by atoms with Gasteiger partial charge >= 0.3 is 0 Å². The molecular formula is C12H7F2NOS. The molecule has 0 radical (unpaired) electrons. The van der Waals surface area contributed by atoms with Crippen LogP contribution in [-0.2, 0) is 0 Å². The molecule has 1 aromatic carbocycles. The number of pyridine rings is 1. The molecule has 86 valence electrons. The van der Waals surface area contributed by atoms with Crippen LogP contribution in [0, 0.1) is 11.6 Å². The van der Waals surface area contributed by atoms with Crippen molar-refractivity contribution in [3.05, 3.63) is 53.7 Å². The third-order valence-corrected chi connectivity index (χ3v) is 3.09. The molecule has 0 aliphatic carbocycles. The minimum atomic E-state index is -0.543. The van der Waals surface area contributed by atoms with Gasteiger partial charge in [-0.2, -0.15) is 0 Å².